The van der Waals surface area contributed by atoms with Crippen LogP contribution in [-0.2, 0) is 0 Å². The fourth-order valence-corrected chi connectivity index (χ4v) is 3.81. The van der Waals surface area contributed by atoms with Crippen LogP contribution < -0.4 is 5.32 Å². The molecule has 0 aliphatic heterocycles. The lowest BCUT2D eigenvalue weighted by atomic mass is 9.94. The molecule has 2 nitrogen and oxygen atoms in total. The first-order valence-electron chi connectivity index (χ1n) is 6.39. The zero-order valence-corrected chi connectivity index (χ0v) is 13.2. The van der Waals surface area contributed by atoms with Gasteiger partial charge in [0.05, 0.1) is 5.56 Å². The van der Waals surface area contributed by atoms with Gasteiger partial charge in [-0.05, 0) is 53.6 Å². The molecule has 0 spiro atoms. The van der Waals surface area contributed by atoms with Gasteiger partial charge >= 0.3 is 0 Å². The van der Waals surface area contributed by atoms with E-state index in [1.165, 1.54) is 12.5 Å². The molecule has 0 saturated heterocycles. The molecule has 1 saturated carbocycles. The number of thioether (sulfide) groups is 1. The van der Waals surface area contributed by atoms with Gasteiger partial charge in [-0.25, -0.2) is 4.39 Å². The molecule has 1 aromatic rings. The monoisotopic (exact) mass is 345 g/mol. The Morgan fingerprint density at radius 3 is 2.95 bits per heavy atom. The second-order valence-electron chi connectivity index (χ2n) is 4.79. The van der Waals surface area contributed by atoms with Crippen molar-refractivity contribution < 1.29 is 9.18 Å². The number of carbonyl (C=O) groups is 1. The summed E-state index contributed by atoms with van der Waals surface area (Å²) in [6.07, 6.45) is 6.38. The van der Waals surface area contributed by atoms with Gasteiger partial charge in [0, 0.05) is 15.8 Å². The summed E-state index contributed by atoms with van der Waals surface area (Å²) in [6, 6.07) is 4.74. The van der Waals surface area contributed by atoms with Crippen molar-refractivity contribution in [2.45, 2.75) is 37.0 Å². The van der Waals surface area contributed by atoms with Crippen molar-refractivity contribution in [3.05, 3.63) is 34.1 Å². The Morgan fingerprint density at radius 2 is 2.26 bits per heavy atom. The lowest BCUT2D eigenvalue weighted by Crippen LogP contribution is -2.39. The molecule has 0 aromatic heterocycles. The highest BCUT2D eigenvalue weighted by Gasteiger charge is 2.24. The van der Waals surface area contributed by atoms with Crippen molar-refractivity contribution in [2.24, 2.45) is 0 Å². The summed E-state index contributed by atoms with van der Waals surface area (Å²) in [7, 11) is 0. The molecule has 1 fully saturated rings. The minimum atomic E-state index is -0.482. The van der Waals surface area contributed by atoms with Crippen LogP contribution in [0.1, 0.15) is 36.0 Å². The zero-order valence-electron chi connectivity index (χ0n) is 10.8. The Bertz CT molecular complexity index is 449. The van der Waals surface area contributed by atoms with Gasteiger partial charge in [0.2, 0.25) is 0 Å². The molecular formula is C14H17BrFNOS. The van der Waals surface area contributed by atoms with E-state index in [1.807, 2.05) is 11.8 Å². The van der Waals surface area contributed by atoms with Crippen molar-refractivity contribution in [1.29, 1.82) is 0 Å². The maximum absolute atomic E-state index is 13.7. The summed E-state index contributed by atoms with van der Waals surface area (Å²) >= 11 is 5.08. The first kappa shape index (κ1) is 14.9. The topological polar surface area (TPSA) is 29.1 Å². The maximum Gasteiger partial charge on any atom is 0.255 e. The van der Waals surface area contributed by atoms with E-state index < -0.39 is 5.82 Å². The fraction of sp³-hybridized carbons (Fsp3) is 0.500. The minimum Gasteiger partial charge on any atom is -0.349 e. The summed E-state index contributed by atoms with van der Waals surface area (Å²) in [6.45, 7) is 0. The van der Waals surface area contributed by atoms with Gasteiger partial charge in [0.15, 0.2) is 0 Å². The van der Waals surface area contributed by atoms with Gasteiger partial charge in [-0.15, -0.1) is 0 Å². The van der Waals surface area contributed by atoms with E-state index in [4.69, 9.17) is 0 Å². The van der Waals surface area contributed by atoms with E-state index in [-0.39, 0.29) is 17.5 Å². The second kappa shape index (κ2) is 6.75. The fourth-order valence-electron chi connectivity index (χ4n) is 2.46. The minimum absolute atomic E-state index is 0.105. The van der Waals surface area contributed by atoms with Crippen LogP contribution in [0.25, 0.3) is 0 Å². The Balaban J connectivity index is 2.05. The standard InChI is InChI=1S/C14H17BrFNOS/c1-19-10-5-2-4-9(8-10)17-14(18)13-11(15)6-3-7-12(13)16/h3,6-7,9-10H,2,4-5,8H2,1H3,(H,17,18). The Kier molecular flexibility index (Phi) is 5.28. The van der Waals surface area contributed by atoms with Crippen molar-refractivity contribution in [3.8, 4) is 0 Å². The number of rotatable bonds is 3. The molecule has 2 unspecified atom stereocenters. The number of halogens is 2. The normalized spacial score (nSPS) is 23.1. The zero-order chi connectivity index (χ0) is 13.8. The smallest absolute Gasteiger partial charge is 0.255 e. The SMILES string of the molecule is CSC1CCCC(NC(=O)c2c(F)cccc2Br)C1. The largest absolute Gasteiger partial charge is 0.349 e. The Hall–Kier alpha value is -0.550. The third-order valence-electron chi connectivity index (χ3n) is 3.48. The van der Waals surface area contributed by atoms with Crippen molar-refractivity contribution in [1.82, 2.24) is 5.32 Å². The predicted octanol–water partition coefficient (Wildman–Crippen LogP) is 3.99. The summed E-state index contributed by atoms with van der Waals surface area (Å²) in [5.41, 5.74) is 0.105. The lowest BCUT2D eigenvalue weighted by molar-refractivity contribution is 0.0923. The molecule has 1 aromatic carbocycles. The van der Waals surface area contributed by atoms with E-state index in [2.05, 4.69) is 27.5 Å². The number of hydrogen-bond acceptors (Lipinski definition) is 2. The molecule has 0 radical (unpaired) electrons. The molecule has 1 N–H and O–H groups in total. The van der Waals surface area contributed by atoms with Gasteiger partial charge < -0.3 is 5.32 Å². The molecule has 1 aliphatic rings. The number of hydrogen-bond donors (Lipinski definition) is 1. The molecule has 0 heterocycles. The number of amides is 1. The highest BCUT2D eigenvalue weighted by Crippen LogP contribution is 2.27. The van der Waals surface area contributed by atoms with E-state index in [0.717, 1.165) is 19.3 Å². The molecular weight excluding hydrogens is 329 g/mol. The number of benzene rings is 1. The van der Waals surface area contributed by atoms with E-state index in [9.17, 15) is 9.18 Å². The molecule has 1 aliphatic carbocycles. The van der Waals surface area contributed by atoms with Crippen LogP contribution >= 0.6 is 27.7 Å². The predicted molar refractivity (Wildman–Crippen MR) is 81.1 cm³/mol. The molecule has 0 bridgehead atoms. The molecule has 104 valence electrons. The van der Waals surface area contributed by atoms with Crippen LogP contribution in [0.15, 0.2) is 22.7 Å². The number of nitrogens with one attached hydrogen (secondary N) is 1. The third kappa shape index (κ3) is 3.72. The van der Waals surface area contributed by atoms with Crippen LogP contribution in [0, 0.1) is 5.82 Å². The van der Waals surface area contributed by atoms with Crippen LogP contribution in [-0.4, -0.2) is 23.5 Å². The van der Waals surface area contributed by atoms with Gasteiger partial charge in [0.25, 0.3) is 5.91 Å². The van der Waals surface area contributed by atoms with Crippen molar-refractivity contribution in [3.63, 3.8) is 0 Å². The summed E-state index contributed by atoms with van der Waals surface area (Å²) in [5, 5.41) is 3.56. The maximum atomic E-state index is 13.7. The molecule has 5 heteroatoms. The highest BCUT2D eigenvalue weighted by atomic mass is 79.9. The van der Waals surface area contributed by atoms with E-state index in [1.54, 1.807) is 12.1 Å². The molecule has 2 rings (SSSR count). The van der Waals surface area contributed by atoms with Crippen molar-refractivity contribution >= 4 is 33.6 Å². The van der Waals surface area contributed by atoms with E-state index >= 15 is 0 Å². The van der Waals surface area contributed by atoms with Crippen LogP contribution in [0.5, 0.6) is 0 Å². The van der Waals surface area contributed by atoms with E-state index in [0.29, 0.717) is 9.72 Å². The highest BCUT2D eigenvalue weighted by molar-refractivity contribution is 9.10. The first-order chi connectivity index (χ1) is 9.11. The van der Waals surface area contributed by atoms with Gasteiger partial charge in [-0.3, -0.25) is 4.79 Å². The Morgan fingerprint density at radius 1 is 1.47 bits per heavy atom. The molecule has 1 amide bonds. The van der Waals surface area contributed by atoms with Crippen LogP contribution in [0.4, 0.5) is 4.39 Å². The number of carbonyl (C=O) groups excluding carboxylic acids is 1. The van der Waals surface area contributed by atoms with Crippen LogP contribution in [0.3, 0.4) is 0 Å². The summed E-state index contributed by atoms with van der Waals surface area (Å²) in [5.74, 6) is -0.805. The average Bonchev–Trinajstić information content (AvgIpc) is 2.38. The summed E-state index contributed by atoms with van der Waals surface area (Å²) in [4.78, 5) is 12.2. The summed E-state index contributed by atoms with van der Waals surface area (Å²) < 4.78 is 14.2. The van der Waals surface area contributed by atoms with Crippen LogP contribution in [0.2, 0.25) is 0 Å². The molecule has 2 atom stereocenters. The lowest BCUT2D eigenvalue weighted by Gasteiger charge is -2.28. The van der Waals surface area contributed by atoms with Gasteiger partial charge in [-0.1, -0.05) is 12.5 Å². The van der Waals surface area contributed by atoms with Gasteiger partial charge in [-0.2, -0.15) is 11.8 Å². The third-order valence-corrected chi connectivity index (χ3v) is 5.24. The Labute approximate surface area is 125 Å². The average molecular weight is 346 g/mol. The quantitative estimate of drug-likeness (QED) is 0.897. The first-order valence-corrected chi connectivity index (χ1v) is 8.47. The second-order valence-corrected chi connectivity index (χ2v) is 6.78. The van der Waals surface area contributed by atoms with Crippen molar-refractivity contribution in [2.75, 3.05) is 6.26 Å². The van der Waals surface area contributed by atoms with Gasteiger partial charge in [0.1, 0.15) is 5.82 Å². The molecule has 19 heavy (non-hydrogen) atoms.